The normalized spacial score (nSPS) is 19.3. The second-order valence-corrected chi connectivity index (χ2v) is 4.96. The van der Waals surface area contributed by atoms with Gasteiger partial charge in [-0.1, -0.05) is 0 Å². The highest BCUT2D eigenvalue weighted by molar-refractivity contribution is 5.92. The Morgan fingerprint density at radius 1 is 1.43 bits per heavy atom. The number of alkyl halides is 3. The van der Waals surface area contributed by atoms with Crippen molar-refractivity contribution in [3.8, 4) is 0 Å². The van der Waals surface area contributed by atoms with Crippen molar-refractivity contribution in [1.29, 1.82) is 0 Å². The molecule has 1 unspecified atom stereocenters. The minimum atomic E-state index is -4.47. The van der Waals surface area contributed by atoms with Gasteiger partial charge >= 0.3 is 6.18 Å². The Morgan fingerprint density at radius 3 is 2.71 bits per heavy atom. The molecule has 8 heteroatoms. The van der Waals surface area contributed by atoms with Crippen LogP contribution in [0.3, 0.4) is 0 Å². The van der Waals surface area contributed by atoms with Crippen LogP contribution in [-0.4, -0.2) is 52.8 Å². The molecule has 1 atom stereocenters. The molecular weight excluding hydrogens is 287 g/mol. The summed E-state index contributed by atoms with van der Waals surface area (Å²) in [4.78, 5) is 20.9. The van der Waals surface area contributed by atoms with Crippen LogP contribution < -0.4 is 0 Å². The van der Waals surface area contributed by atoms with Crippen molar-refractivity contribution in [1.82, 2.24) is 14.9 Å². The zero-order chi connectivity index (χ0) is 15.5. The fourth-order valence-corrected chi connectivity index (χ4v) is 2.18. The van der Waals surface area contributed by atoms with Crippen LogP contribution in [0.15, 0.2) is 12.4 Å². The lowest BCUT2D eigenvalue weighted by Gasteiger charge is -2.34. The van der Waals surface area contributed by atoms with Gasteiger partial charge in [0.05, 0.1) is 24.5 Å². The molecule has 1 aliphatic rings. The van der Waals surface area contributed by atoms with Crippen molar-refractivity contribution >= 4 is 5.91 Å². The highest BCUT2D eigenvalue weighted by Gasteiger charge is 2.38. The lowest BCUT2D eigenvalue weighted by molar-refractivity contribution is -0.148. The van der Waals surface area contributed by atoms with Crippen LogP contribution in [-0.2, 0) is 4.74 Å². The Hall–Kier alpha value is -1.70. The molecule has 0 aromatic carbocycles. The van der Waals surface area contributed by atoms with Crippen LogP contribution in [0.5, 0.6) is 0 Å². The van der Waals surface area contributed by atoms with Crippen molar-refractivity contribution in [3.05, 3.63) is 23.8 Å². The van der Waals surface area contributed by atoms with E-state index in [-0.39, 0.29) is 12.3 Å². The van der Waals surface area contributed by atoms with Gasteiger partial charge in [-0.2, -0.15) is 13.2 Å². The molecule has 1 aromatic rings. The molecule has 0 N–H and O–H groups in total. The van der Waals surface area contributed by atoms with E-state index in [0.29, 0.717) is 25.1 Å². The summed E-state index contributed by atoms with van der Waals surface area (Å²) >= 11 is 0. The first-order valence-corrected chi connectivity index (χ1v) is 6.61. The molecule has 0 aliphatic carbocycles. The van der Waals surface area contributed by atoms with Crippen LogP contribution in [0.4, 0.5) is 13.2 Å². The standard InChI is InChI=1S/C13H16F3N3O2/c1-9-5-18-11(6-17-9)12(20)19(8-13(14,15)16)10-3-2-4-21-7-10/h5-6,10H,2-4,7-8H2,1H3. The lowest BCUT2D eigenvalue weighted by atomic mass is 10.1. The first-order chi connectivity index (χ1) is 9.87. The maximum atomic E-state index is 12.7. The van der Waals surface area contributed by atoms with Gasteiger partial charge in [0.25, 0.3) is 5.91 Å². The minimum Gasteiger partial charge on any atom is -0.379 e. The number of amides is 1. The molecule has 0 radical (unpaired) electrons. The summed E-state index contributed by atoms with van der Waals surface area (Å²) in [5.41, 5.74) is 0.505. The monoisotopic (exact) mass is 303 g/mol. The van der Waals surface area contributed by atoms with E-state index in [1.807, 2.05) is 0 Å². The fraction of sp³-hybridized carbons (Fsp3) is 0.615. The largest absolute Gasteiger partial charge is 0.406 e. The van der Waals surface area contributed by atoms with E-state index in [0.717, 1.165) is 4.90 Å². The van der Waals surface area contributed by atoms with E-state index in [9.17, 15) is 18.0 Å². The third-order valence-corrected chi connectivity index (χ3v) is 3.19. The predicted molar refractivity (Wildman–Crippen MR) is 67.7 cm³/mol. The smallest absolute Gasteiger partial charge is 0.379 e. The fourth-order valence-electron chi connectivity index (χ4n) is 2.18. The highest BCUT2D eigenvalue weighted by Crippen LogP contribution is 2.23. The van der Waals surface area contributed by atoms with Crippen molar-refractivity contribution in [2.75, 3.05) is 19.8 Å². The first kappa shape index (κ1) is 15.7. The molecular formula is C13H16F3N3O2. The van der Waals surface area contributed by atoms with Crippen molar-refractivity contribution < 1.29 is 22.7 Å². The maximum absolute atomic E-state index is 12.7. The van der Waals surface area contributed by atoms with Gasteiger partial charge in [0.2, 0.25) is 0 Å². The van der Waals surface area contributed by atoms with E-state index in [1.54, 1.807) is 6.92 Å². The number of carbonyl (C=O) groups is 1. The van der Waals surface area contributed by atoms with E-state index in [4.69, 9.17) is 4.74 Å². The third-order valence-electron chi connectivity index (χ3n) is 3.19. The first-order valence-electron chi connectivity index (χ1n) is 6.61. The van der Waals surface area contributed by atoms with E-state index in [2.05, 4.69) is 9.97 Å². The second kappa shape index (κ2) is 6.38. The van der Waals surface area contributed by atoms with E-state index < -0.39 is 24.7 Å². The summed E-state index contributed by atoms with van der Waals surface area (Å²) in [7, 11) is 0. The number of hydrogen-bond acceptors (Lipinski definition) is 4. The topological polar surface area (TPSA) is 55.3 Å². The third kappa shape index (κ3) is 4.38. The SMILES string of the molecule is Cc1cnc(C(=O)N(CC(F)(F)F)C2CCCOC2)cn1. The number of carbonyl (C=O) groups excluding carboxylic acids is 1. The summed E-state index contributed by atoms with van der Waals surface area (Å²) in [6.45, 7) is 0.995. The Morgan fingerprint density at radius 2 is 2.19 bits per heavy atom. The molecule has 1 fully saturated rings. The van der Waals surface area contributed by atoms with Crippen molar-refractivity contribution in [3.63, 3.8) is 0 Å². The van der Waals surface area contributed by atoms with Crippen molar-refractivity contribution in [2.45, 2.75) is 32.0 Å². The number of halogens is 3. The molecule has 1 aliphatic heterocycles. The van der Waals surface area contributed by atoms with Gasteiger partial charge < -0.3 is 9.64 Å². The van der Waals surface area contributed by atoms with Crippen LogP contribution in [0.1, 0.15) is 29.0 Å². The van der Waals surface area contributed by atoms with Crippen LogP contribution in [0.2, 0.25) is 0 Å². The van der Waals surface area contributed by atoms with Crippen LogP contribution >= 0.6 is 0 Å². The maximum Gasteiger partial charge on any atom is 0.406 e. The number of aryl methyl sites for hydroxylation is 1. The average Bonchev–Trinajstić information content (AvgIpc) is 2.45. The Balaban J connectivity index is 2.20. The van der Waals surface area contributed by atoms with Gasteiger partial charge in [0.15, 0.2) is 0 Å². The molecule has 0 saturated carbocycles. The van der Waals surface area contributed by atoms with Gasteiger partial charge in [-0.05, 0) is 19.8 Å². The van der Waals surface area contributed by atoms with Gasteiger partial charge in [-0.25, -0.2) is 4.98 Å². The number of hydrogen-bond donors (Lipinski definition) is 0. The summed E-state index contributed by atoms with van der Waals surface area (Å²) in [6.07, 6.45) is -0.792. The van der Waals surface area contributed by atoms with E-state index in [1.165, 1.54) is 12.4 Å². The number of nitrogens with zero attached hydrogens (tertiary/aromatic N) is 3. The van der Waals surface area contributed by atoms with Gasteiger partial charge in [-0.3, -0.25) is 9.78 Å². The Kier molecular flexibility index (Phi) is 4.76. The number of aromatic nitrogens is 2. The molecule has 2 heterocycles. The molecule has 5 nitrogen and oxygen atoms in total. The van der Waals surface area contributed by atoms with Gasteiger partial charge in [-0.15, -0.1) is 0 Å². The predicted octanol–water partition coefficient (Wildman–Crippen LogP) is 1.97. The van der Waals surface area contributed by atoms with E-state index >= 15 is 0 Å². The molecule has 0 spiro atoms. The summed E-state index contributed by atoms with van der Waals surface area (Å²) < 4.78 is 43.4. The molecule has 0 bridgehead atoms. The summed E-state index contributed by atoms with van der Waals surface area (Å²) in [5, 5.41) is 0. The minimum absolute atomic E-state index is 0.0876. The second-order valence-electron chi connectivity index (χ2n) is 4.96. The van der Waals surface area contributed by atoms with Crippen molar-refractivity contribution in [2.24, 2.45) is 0 Å². The number of rotatable bonds is 3. The van der Waals surface area contributed by atoms with Crippen LogP contribution in [0, 0.1) is 6.92 Å². The summed E-state index contributed by atoms with van der Waals surface area (Å²) in [5.74, 6) is -0.768. The summed E-state index contributed by atoms with van der Waals surface area (Å²) in [6, 6.07) is -0.587. The average molecular weight is 303 g/mol. The molecule has 21 heavy (non-hydrogen) atoms. The van der Waals surface area contributed by atoms with Gasteiger partial charge in [0, 0.05) is 12.8 Å². The quantitative estimate of drug-likeness (QED) is 0.856. The molecule has 2 rings (SSSR count). The molecule has 1 aromatic heterocycles. The zero-order valence-corrected chi connectivity index (χ0v) is 11.6. The number of ether oxygens (including phenoxy) is 1. The molecule has 1 saturated heterocycles. The Bertz CT molecular complexity index is 484. The zero-order valence-electron chi connectivity index (χ0n) is 11.6. The highest BCUT2D eigenvalue weighted by atomic mass is 19.4. The van der Waals surface area contributed by atoms with Crippen LogP contribution in [0.25, 0.3) is 0 Å². The Labute approximate surface area is 120 Å². The van der Waals surface area contributed by atoms with Gasteiger partial charge in [0.1, 0.15) is 12.2 Å². The molecule has 116 valence electrons. The lowest BCUT2D eigenvalue weighted by Crippen LogP contribution is -2.49. The molecule has 1 amide bonds.